The van der Waals surface area contributed by atoms with Crippen LogP contribution >= 0.6 is 15.9 Å². The summed E-state index contributed by atoms with van der Waals surface area (Å²) in [6.45, 7) is 0.895. The molecule has 21 heavy (non-hydrogen) atoms. The van der Waals surface area contributed by atoms with Gasteiger partial charge in [-0.25, -0.2) is 0 Å². The first-order valence-corrected chi connectivity index (χ1v) is 7.43. The number of rotatable bonds is 6. The summed E-state index contributed by atoms with van der Waals surface area (Å²) in [5, 5.41) is 2.78. The van der Waals surface area contributed by atoms with Gasteiger partial charge in [0.2, 0.25) is 5.91 Å². The number of amides is 1. The molecule has 1 amide bonds. The minimum atomic E-state index is -0.128. The third-order valence-corrected chi connectivity index (χ3v) is 3.19. The van der Waals surface area contributed by atoms with Gasteiger partial charge in [0, 0.05) is 10.5 Å². The van der Waals surface area contributed by atoms with Gasteiger partial charge in [0.15, 0.2) is 0 Å². The molecule has 0 aliphatic heterocycles. The van der Waals surface area contributed by atoms with E-state index in [1.807, 2.05) is 54.6 Å². The standard InChI is InChI=1S/C17H16BrNO2/c18-15-7-4-8-16(13-15)21-12-11-19-17(20)10-9-14-5-2-1-3-6-14/h1-10,13H,11-12H2,(H,19,20). The molecule has 3 nitrogen and oxygen atoms in total. The highest BCUT2D eigenvalue weighted by Gasteiger charge is 1.97. The molecule has 2 aromatic carbocycles. The Morgan fingerprint density at radius 1 is 1.14 bits per heavy atom. The number of hydrogen-bond donors (Lipinski definition) is 1. The molecule has 0 saturated heterocycles. The van der Waals surface area contributed by atoms with E-state index < -0.39 is 0 Å². The summed E-state index contributed by atoms with van der Waals surface area (Å²) >= 11 is 3.38. The smallest absolute Gasteiger partial charge is 0.244 e. The molecule has 0 heterocycles. The maximum absolute atomic E-state index is 11.6. The number of hydrogen-bond acceptors (Lipinski definition) is 2. The summed E-state index contributed by atoms with van der Waals surface area (Å²) in [5.41, 5.74) is 0.998. The molecular formula is C17H16BrNO2. The Labute approximate surface area is 132 Å². The zero-order valence-electron chi connectivity index (χ0n) is 11.5. The Morgan fingerprint density at radius 2 is 1.95 bits per heavy atom. The maximum Gasteiger partial charge on any atom is 0.244 e. The lowest BCUT2D eigenvalue weighted by Gasteiger charge is -2.06. The molecule has 4 heteroatoms. The molecule has 0 aromatic heterocycles. The molecule has 2 aromatic rings. The summed E-state index contributed by atoms with van der Waals surface area (Å²) in [6, 6.07) is 17.3. The predicted octanol–water partition coefficient (Wildman–Crippen LogP) is 3.66. The van der Waals surface area contributed by atoms with Crippen LogP contribution in [0.5, 0.6) is 5.75 Å². The van der Waals surface area contributed by atoms with Crippen LogP contribution < -0.4 is 10.1 Å². The molecule has 0 spiro atoms. The minimum Gasteiger partial charge on any atom is -0.492 e. The fourth-order valence-corrected chi connectivity index (χ4v) is 2.07. The number of nitrogens with one attached hydrogen (secondary N) is 1. The quantitative estimate of drug-likeness (QED) is 0.640. The first-order valence-electron chi connectivity index (χ1n) is 6.63. The van der Waals surface area contributed by atoms with Crippen molar-refractivity contribution in [1.82, 2.24) is 5.32 Å². The average molecular weight is 346 g/mol. The molecule has 0 bridgehead atoms. The maximum atomic E-state index is 11.6. The van der Waals surface area contributed by atoms with E-state index in [0.717, 1.165) is 15.8 Å². The number of ether oxygens (including phenoxy) is 1. The highest BCUT2D eigenvalue weighted by atomic mass is 79.9. The van der Waals surface area contributed by atoms with Crippen molar-refractivity contribution in [2.24, 2.45) is 0 Å². The number of carbonyl (C=O) groups is 1. The van der Waals surface area contributed by atoms with Gasteiger partial charge in [0.05, 0.1) is 6.54 Å². The van der Waals surface area contributed by atoms with Crippen LogP contribution in [0.4, 0.5) is 0 Å². The Hall–Kier alpha value is -2.07. The first kappa shape index (κ1) is 15.3. The zero-order chi connectivity index (χ0) is 14.9. The van der Waals surface area contributed by atoms with Crippen LogP contribution in [0.25, 0.3) is 6.08 Å². The second kappa shape index (κ2) is 8.27. The van der Waals surface area contributed by atoms with Gasteiger partial charge in [0.25, 0.3) is 0 Å². The van der Waals surface area contributed by atoms with E-state index in [-0.39, 0.29) is 5.91 Å². The molecule has 0 saturated carbocycles. The zero-order valence-corrected chi connectivity index (χ0v) is 13.0. The van der Waals surface area contributed by atoms with Gasteiger partial charge in [-0.3, -0.25) is 4.79 Å². The van der Waals surface area contributed by atoms with Crippen molar-refractivity contribution in [2.75, 3.05) is 13.2 Å². The normalized spacial score (nSPS) is 10.5. The molecule has 1 N–H and O–H groups in total. The van der Waals surface area contributed by atoms with E-state index in [4.69, 9.17) is 4.74 Å². The molecule has 0 fully saturated rings. The van der Waals surface area contributed by atoms with Gasteiger partial charge in [-0.15, -0.1) is 0 Å². The highest BCUT2D eigenvalue weighted by Crippen LogP contribution is 2.17. The molecule has 108 valence electrons. The third-order valence-electron chi connectivity index (χ3n) is 2.69. The minimum absolute atomic E-state index is 0.128. The molecule has 0 radical (unpaired) electrons. The largest absolute Gasteiger partial charge is 0.492 e. The number of benzene rings is 2. The first-order chi connectivity index (χ1) is 10.2. The summed E-state index contributed by atoms with van der Waals surface area (Å²) in [4.78, 5) is 11.6. The summed E-state index contributed by atoms with van der Waals surface area (Å²) in [7, 11) is 0. The fraction of sp³-hybridized carbons (Fsp3) is 0.118. The summed E-state index contributed by atoms with van der Waals surface area (Å²) in [5.74, 6) is 0.648. The Kier molecular flexibility index (Phi) is 6.03. The van der Waals surface area contributed by atoms with Gasteiger partial charge < -0.3 is 10.1 Å². The Morgan fingerprint density at radius 3 is 2.71 bits per heavy atom. The van der Waals surface area contributed by atoms with Crippen LogP contribution in [0, 0.1) is 0 Å². The molecule has 0 aliphatic rings. The van der Waals surface area contributed by atoms with Crippen LogP contribution in [-0.4, -0.2) is 19.1 Å². The van der Waals surface area contributed by atoms with Crippen molar-refractivity contribution >= 4 is 27.9 Å². The Balaban J connectivity index is 1.69. The average Bonchev–Trinajstić information content (AvgIpc) is 2.51. The molecule has 0 atom stereocenters. The van der Waals surface area contributed by atoms with Crippen LogP contribution in [0.2, 0.25) is 0 Å². The van der Waals surface area contributed by atoms with Gasteiger partial charge in [0.1, 0.15) is 12.4 Å². The van der Waals surface area contributed by atoms with E-state index in [1.54, 1.807) is 6.08 Å². The predicted molar refractivity (Wildman–Crippen MR) is 88.1 cm³/mol. The Bertz CT molecular complexity index is 611. The lowest BCUT2D eigenvalue weighted by molar-refractivity contribution is -0.116. The lowest BCUT2D eigenvalue weighted by Crippen LogP contribution is -2.26. The second-order valence-electron chi connectivity index (χ2n) is 4.34. The van der Waals surface area contributed by atoms with Crippen LogP contribution in [0.1, 0.15) is 5.56 Å². The summed E-state index contributed by atoms with van der Waals surface area (Å²) < 4.78 is 6.50. The molecule has 0 unspecified atom stereocenters. The lowest BCUT2D eigenvalue weighted by atomic mass is 10.2. The number of carbonyl (C=O) groups excluding carboxylic acids is 1. The van der Waals surface area contributed by atoms with Crippen molar-refractivity contribution in [2.45, 2.75) is 0 Å². The molecular weight excluding hydrogens is 330 g/mol. The molecule has 2 rings (SSSR count). The van der Waals surface area contributed by atoms with Crippen molar-refractivity contribution in [3.63, 3.8) is 0 Å². The van der Waals surface area contributed by atoms with Crippen molar-refractivity contribution in [3.8, 4) is 5.75 Å². The van der Waals surface area contributed by atoms with Crippen molar-refractivity contribution in [1.29, 1.82) is 0 Å². The SMILES string of the molecule is O=C(C=Cc1ccccc1)NCCOc1cccc(Br)c1. The summed E-state index contributed by atoms with van der Waals surface area (Å²) in [6.07, 6.45) is 3.30. The fourth-order valence-electron chi connectivity index (χ4n) is 1.69. The molecule has 0 aliphatic carbocycles. The topological polar surface area (TPSA) is 38.3 Å². The highest BCUT2D eigenvalue weighted by molar-refractivity contribution is 9.10. The van der Waals surface area contributed by atoms with Crippen LogP contribution in [0.3, 0.4) is 0 Å². The third kappa shape index (κ3) is 5.83. The van der Waals surface area contributed by atoms with Crippen LogP contribution in [-0.2, 0) is 4.79 Å². The van der Waals surface area contributed by atoms with Crippen molar-refractivity contribution < 1.29 is 9.53 Å². The van der Waals surface area contributed by atoms with Gasteiger partial charge >= 0.3 is 0 Å². The number of halogens is 1. The monoisotopic (exact) mass is 345 g/mol. The van der Waals surface area contributed by atoms with E-state index in [1.165, 1.54) is 6.08 Å². The second-order valence-corrected chi connectivity index (χ2v) is 5.26. The van der Waals surface area contributed by atoms with E-state index in [2.05, 4.69) is 21.2 Å². The van der Waals surface area contributed by atoms with Gasteiger partial charge in [-0.05, 0) is 29.8 Å². The van der Waals surface area contributed by atoms with Gasteiger partial charge in [-0.2, -0.15) is 0 Å². The van der Waals surface area contributed by atoms with Gasteiger partial charge in [-0.1, -0.05) is 52.3 Å². The van der Waals surface area contributed by atoms with Crippen molar-refractivity contribution in [3.05, 3.63) is 70.7 Å². The van der Waals surface area contributed by atoms with E-state index >= 15 is 0 Å². The van der Waals surface area contributed by atoms with E-state index in [9.17, 15) is 4.79 Å². The van der Waals surface area contributed by atoms with Crippen LogP contribution in [0.15, 0.2) is 65.1 Å². The van der Waals surface area contributed by atoms with E-state index in [0.29, 0.717) is 13.2 Å².